The molecule has 1 unspecified atom stereocenters. The lowest BCUT2D eigenvalue weighted by Crippen LogP contribution is -2.43. The number of hydrogen-bond acceptors (Lipinski definition) is 3. The molecule has 0 aromatic rings. The van der Waals surface area contributed by atoms with E-state index in [9.17, 15) is 4.79 Å². The molecule has 0 radical (unpaired) electrons. The molecule has 2 rings (SSSR count). The van der Waals surface area contributed by atoms with Gasteiger partial charge in [0.25, 0.3) is 0 Å². The summed E-state index contributed by atoms with van der Waals surface area (Å²) < 4.78 is 10.1. The Morgan fingerprint density at radius 1 is 1.73 bits per heavy atom. The number of carbonyl (C=O) groups is 1. The number of methoxy groups -OCH3 is 1. The number of ether oxygens (including phenoxy) is 2. The van der Waals surface area contributed by atoms with Gasteiger partial charge in [0, 0.05) is 20.1 Å². The van der Waals surface area contributed by atoms with E-state index in [0.717, 1.165) is 19.4 Å². The van der Waals surface area contributed by atoms with Gasteiger partial charge in [0.2, 0.25) is 0 Å². The highest BCUT2D eigenvalue weighted by atomic mass is 16.6. The summed E-state index contributed by atoms with van der Waals surface area (Å²) in [6.07, 6.45) is 1.68. The topological polar surface area (TPSA) is 38.8 Å². The Labute approximate surface area is 65.1 Å². The number of nitrogens with zero attached hydrogens (tertiary/aromatic N) is 1. The van der Waals surface area contributed by atoms with Crippen LogP contribution in [0.4, 0.5) is 4.79 Å². The fourth-order valence-electron chi connectivity index (χ4n) is 1.78. The van der Waals surface area contributed by atoms with Crippen LogP contribution in [-0.4, -0.2) is 37.0 Å². The van der Waals surface area contributed by atoms with Crippen LogP contribution in [0, 0.1) is 0 Å². The standard InChI is InChI=1S/C7H11NO3/c1-10-7-3-2-4-8(7)6(9)11-5-7/h2-5H2,1H3. The van der Waals surface area contributed by atoms with Crippen LogP contribution in [0.1, 0.15) is 12.8 Å². The quantitative estimate of drug-likeness (QED) is 0.558. The van der Waals surface area contributed by atoms with Gasteiger partial charge in [0.1, 0.15) is 6.61 Å². The number of carbonyl (C=O) groups excluding carboxylic acids is 1. The summed E-state index contributed by atoms with van der Waals surface area (Å²) >= 11 is 0. The third-order valence-corrected chi connectivity index (χ3v) is 2.46. The molecule has 11 heavy (non-hydrogen) atoms. The lowest BCUT2D eigenvalue weighted by atomic mass is 10.2. The fourth-order valence-corrected chi connectivity index (χ4v) is 1.78. The van der Waals surface area contributed by atoms with Gasteiger partial charge in [-0.2, -0.15) is 0 Å². The molecule has 0 aliphatic carbocycles. The zero-order valence-electron chi connectivity index (χ0n) is 6.50. The zero-order valence-corrected chi connectivity index (χ0v) is 6.50. The summed E-state index contributed by atoms with van der Waals surface area (Å²) in [6.45, 7) is 1.16. The maximum Gasteiger partial charge on any atom is 0.412 e. The summed E-state index contributed by atoms with van der Waals surface area (Å²) in [6, 6.07) is 0. The highest BCUT2D eigenvalue weighted by molar-refractivity contribution is 5.71. The maximum atomic E-state index is 11.0. The molecule has 0 aromatic carbocycles. The van der Waals surface area contributed by atoms with E-state index in [1.807, 2.05) is 0 Å². The fraction of sp³-hybridized carbons (Fsp3) is 0.857. The lowest BCUT2D eigenvalue weighted by molar-refractivity contribution is -0.0744. The van der Waals surface area contributed by atoms with Crippen molar-refractivity contribution >= 4 is 6.09 Å². The molecule has 0 N–H and O–H groups in total. The first-order valence-electron chi connectivity index (χ1n) is 3.78. The van der Waals surface area contributed by atoms with Crippen LogP contribution >= 0.6 is 0 Å². The molecular formula is C7H11NO3. The van der Waals surface area contributed by atoms with E-state index in [1.54, 1.807) is 12.0 Å². The van der Waals surface area contributed by atoms with Gasteiger partial charge in [-0.1, -0.05) is 0 Å². The molecule has 0 aromatic heterocycles. The summed E-state index contributed by atoms with van der Waals surface area (Å²) in [4.78, 5) is 12.7. The minimum Gasteiger partial charge on any atom is -0.444 e. The largest absolute Gasteiger partial charge is 0.444 e. The van der Waals surface area contributed by atoms with E-state index >= 15 is 0 Å². The van der Waals surface area contributed by atoms with E-state index in [0.29, 0.717) is 6.61 Å². The summed E-state index contributed by atoms with van der Waals surface area (Å²) in [5.41, 5.74) is -0.420. The number of amides is 1. The third kappa shape index (κ3) is 0.758. The van der Waals surface area contributed by atoms with Crippen LogP contribution in [0.2, 0.25) is 0 Å². The molecule has 1 amide bonds. The molecule has 2 aliphatic rings. The second-order valence-corrected chi connectivity index (χ2v) is 2.96. The predicted octanol–water partition coefficient (Wildman–Crippen LogP) is 0.575. The van der Waals surface area contributed by atoms with Crippen molar-refractivity contribution in [2.45, 2.75) is 18.6 Å². The Bertz CT molecular complexity index is 194. The normalized spacial score (nSPS) is 35.7. The van der Waals surface area contributed by atoms with E-state index < -0.39 is 5.72 Å². The Morgan fingerprint density at radius 3 is 3.18 bits per heavy atom. The highest BCUT2D eigenvalue weighted by Crippen LogP contribution is 2.35. The molecular weight excluding hydrogens is 146 g/mol. The Kier molecular flexibility index (Phi) is 1.32. The van der Waals surface area contributed by atoms with Crippen molar-refractivity contribution in [3.05, 3.63) is 0 Å². The zero-order chi connectivity index (χ0) is 7.90. The van der Waals surface area contributed by atoms with Crippen LogP contribution in [-0.2, 0) is 9.47 Å². The van der Waals surface area contributed by atoms with Crippen molar-refractivity contribution in [3.8, 4) is 0 Å². The van der Waals surface area contributed by atoms with E-state index in [2.05, 4.69) is 0 Å². The second kappa shape index (κ2) is 2.11. The molecule has 0 spiro atoms. The molecule has 4 nitrogen and oxygen atoms in total. The first-order chi connectivity index (χ1) is 5.28. The van der Waals surface area contributed by atoms with Gasteiger partial charge in [-0.3, -0.25) is 4.90 Å². The SMILES string of the molecule is COC12CCCN1C(=O)OC2. The maximum absolute atomic E-state index is 11.0. The van der Waals surface area contributed by atoms with E-state index in [4.69, 9.17) is 9.47 Å². The molecule has 2 heterocycles. The number of cyclic esters (lactones) is 1. The van der Waals surface area contributed by atoms with Gasteiger partial charge in [-0.05, 0) is 6.42 Å². The molecule has 62 valence electrons. The van der Waals surface area contributed by atoms with Crippen LogP contribution < -0.4 is 0 Å². The minimum absolute atomic E-state index is 0.232. The minimum atomic E-state index is -0.420. The van der Waals surface area contributed by atoms with Crippen molar-refractivity contribution in [2.75, 3.05) is 20.3 Å². The van der Waals surface area contributed by atoms with Gasteiger partial charge >= 0.3 is 6.09 Å². The van der Waals surface area contributed by atoms with Gasteiger partial charge in [0.15, 0.2) is 5.72 Å². The molecule has 4 heteroatoms. The average molecular weight is 157 g/mol. The third-order valence-electron chi connectivity index (χ3n) is 2.46. The molecule has 2 aliphatic heterocycles. The smallest absolute Gasteiger partial charge is 0.412 e. The van der Waals surface area contributed by atoms with Crippen molar-refractivity contribution in [2.24, 2.45) is 0 Å². The monoisotopic (exact) mass is 157 g/mol. The predicted molar refractivity (Wildman–Crippen MR) is 37.0 cm³/mol. The van der Waals surface area contributed by atoms with Crippen LogP contribution in [0.15, 0.2) is 0 Å². The van der Waals surface area contributed by atoms with Crippen molar-refractivity contribution in [1.29, 1.82) is 0 Å². The van der Waals surface area contributed by atoms with Crippen LogP contribution in [0.25, 0.3) is 0 Å². The average Bonchev–Trinajstić information content (AvgIpc) is 2.53. The molecule has 1 atom stereocenters. The summed E-state index contributed by atoms with van der Waals surface area (Å²) in [7, 11) is 1.63. The first-order valence-corrected chi connectivity index (χ1v) is 3.78. The Hall–Kier alpha value is -0.770. The Balaban J connectivity index is 2.25. The molecule has 0 saturated carbocycles. The van der Waals surface area contributed by atoms with Gasteiger partial charge < -0.3 is 9.47 Å². The summed E-state index contributed by atoms with van der Waals surface area (Å²) in [5.74, 6) is 0. The number of hydrogen-bond donors (Lipinski definition) is 0. The lowest BCUT2D eigenvalue weighted by Gasteiger charge is -2.25. The van der Waals surface area contributed by atoms with Gasteiger partial charge in [-0.15, -0.1) is 0 Å². The van der Waals surface area contributed by atoms with Crippen LogP contribution in [0.5, 0.6) is 0 Å². The van der Waals surface area contributed by atoms with Crippen LogP contribution in [0.3, 0.4) is 0 Å². The summed E-state index contributed by atoms with van der Waals surface area (Å²) in [5, 5.41) is 0. The van der Waals surface area contributed by atoms with Crippen molar-refractivity contribution in [1.82, 2.24) is 4.90 Å². The second-order valence-electron chi connectivity index (χ2n) is 2.96. The van der Waals surface area contributed by atoms with Crippen molar-refractivity contribution < 1.29 is 14.3 Å². The highest BCUT2D eigenvalue weighted by Gasteiger charge is 2.50. The molecule has 2 saturated heterocycles. The number of fused-ring (bicyclic) bond motifs is 1. The Morgan fingerprint density at radius 2 is 2.55 bits per heavy atom. The van der Waals surface area contributed by atoms with Gasteiger partial charge in [0.05, 0.1) is 0 Å². The molecule has 0 bridgehead atoms. The first kappa shape index (κ1) is 6.91. The molecule has 2 fully saturated rings. The number of rotatable bonds is 1. The van der Waals surface area contributed by atoms with E-state index in [-0.39, 0.29) is 6.09 Å². The van der Waals surface area contributed by atoms with E-state index in [1.165, 1.54) is 0 Å². The van der Waals surface area contributed by atoms with Crippen molar-refractivity contribution in [3.63, 3.8) is 0 Å². The van der Waals surface area contributed by atoms with Gasteiger partial charge in [-0.25, -0.2) is 4.79 Å².